The summed E-state index contributed by atoms with van der Waals surface area (Å²) in [6, 6.07) is 5.28. The molecule has 0 radical (unpaired) electrons. The van der Waals surface area contributed by atoms with Gasteiger partial charge in [0.1, 0.15) is 11.6 Å². The molecule has 168 valence electrons. The van der Waals surface area contributed by atoms with Crippen LogP contribution in [0.1, 0.15) is 33.1 Å². The molecule has 3 aliphatic rings. The second-order valence-corrected chi connectivity index (χ2v) is 8.67. The molecule has 31 heavy (non-hydrogen) atoms. The highest BCUT2D eigenvalue weighted by molar-refractivity contribution is 6.33. The number of benzene rings is 1. The van der Waals surface area contributed by atoms with Gasteiger partial charge in [0.15, 0.2) is 0 Å². The molecule has 6 atom stereocenters. The van der Waals surface area contributed by atoms with E-state index in [0.717, 1.165) is 0 Å². The number of hydrogen-bond donors (Lipinski definition) is 2. The number of amides is 2. The van der Waals surface area contributed by atoms with Crippen LogP contribution < -0.4 is 5.32 Å². The normalized spacial score (nSPS) is 32.1. The fourth-order valence-corrected chi connectivity index (χ4v) is 5.65. The number of carbonyl (C=O) groups excluding carboxylic acids is 3. The summed E-state index contributed by atoms with van der Waals surface area (Å²) in [5.74, 6) is -2.83. The summed E-state index contributed by atoms with van der Waals surface area (Å²) in [6.07, 6.45) is 1.03. The number of nitrogens with one attached hydrogen (secondary N) is 1. The maximum Gasteiger partial charge on any atom is 0.312 e. The third-order valence-electron chi connectivity index (χ3n) is 6.75. The predicted octanol–water partition coefficient (Wildman–Crippen LogP) is 1.99. The molecule has 2 N–H and O–H groups in total. The van der Waals surface area contributed by atoms with Gasteiger partial charge in [0, 0.05) is 0 Å². The van der Waals surface area contributed by atoms with Crippen LogP contribution in [-0.2, 0) is 23.9 Å². The van der Waals surface area contributed by atoms with E-state index in [4.69, 9.17) is 21.1 Å². The van der Waals surface area contributed by atoms with E-state index >= 15 is 0 Å². The summed E-state index contributed by atoms with van der Waals surface area (Å²) in [7, 11) is 0. The Bertz CT molecular complexity index is 891. The van der Waals surface area contributed by atoms with E-state index in [0.29, 0.717) is 30.0 Å². The van der Waals surface area contributed by atoms with Gasteiger partial charge in [-0.1, -0.05) is 30.7 Å². The molecule has 0 aliphatic carbocycles. The van der Waals surface area contributed by atoms with Gasteiger partial charge in [-0.2, -0.15) is 0 Å². The Labute approximate surface area is 185 Å². The molecule has 3 aliphatic heterocycles. The molecule has 2 amide bonds. The van der Waals surface area contributed by atoms with Gasteiger partial charge in [-0.25, -0.2) is 0 Å². The highest BCUT2D eigenvalue weighted by Crippen LogP contribution is 2.59. The van der Waals surface area contributed by atoms with Crippen LogP contribution in [0, 0.1) is 11.8 Å². The fraction of sp³-hybridized carbons (Fsp3) is 0.591. The molecule has 9 heteroatoms. The van der Waals surface area contributed by atoms with Gasteiger partial charge in [-0.05, 0) is 38.3 Å². The molecular weight excluding hydrogens is 424 g/mol. The minimum absolute atomic E-state index is 0.199. The molecule has 3 saturated heterocycles. The number of ether oxygens (including phenoxy) is 2. The lowest BCUT2D eigenvalue weighted by atomic mass is 9.70. The van der Waals surface area contributed by atoms with E-state index in [1.54, 1.807) is 31.2 Å². The van der Waals surface area contributed by atoms with Gasteiger partial charge < -0.3 is 24.8 Å². The monoisotopic (exact) mass is 450 g/mol. The number of nitrogens with zero attached hydrogens (tertiary/aromatic N) is 1. The van der Waals surface area contributed by atoms with Crippen molar-refractivity contribution in [3.8, 4) is 0 Å². The van der Waals surface area contributed by atoms with Gasteiger partial charge in [0.2, 0.25) is 11.8 Å². The average Bonchev–Trinajstić information content (AvgIpc) is 3.39. The topological polar surface area (TPSA) is 105 Å². The van der Waals surface area contributed by atoms with Crippen LogP contribution >= 0.6 is 11.6 Å². The van der Waals surface area contributed by atoms with Crippen LogP contribution in [0.3, 0.4) is 0 Å². The number of esters is 1. The lowest BCUT2D eigenvalue weighted by Gasteiger charge is -2.36. The van der Waals surface area contributed by atoms with Crippen LogP contribution in [0.15, 0.2) is 24.3 Å². The molecule has 1 aromatic carbocycles. The van der Waals surface area contributed by atoms with Crippen molar-refractivity contribution in [3.05, 3.63) is 29.3 Å². The number of aliphatic hydroxyl groups excluding tert-OH is 1. The lowest BCUT2D eigenvalue weighted by Crippen LogP contribution is -2.56. The summed E-state index contributed by atoms with van der Waals surface area (Å²) < 4.78 is 11.5. The first kappa shape index (κ1) is 22.0. The molecular formula is C22H27ClN2O6. The third-order valence-corrected chi connectivity index (χ3v) is 7.08. The highest BCUT2D eigenvalue weighted by atomic mass is 35.5. The van der Waals surface area contributed by atoms with Crippen molar-refractivity contribution in [2.24, 2.45) is 11.8 Å². The summed E-state index contributed by atoms with van der Waals surface area (Å²) in [5, 5.41) is 13.1. The van der Waals surface area contributed by atoms with Gasteiger partial charge in [0.25, 0.3) is 0 Å². The zero-order valence-electron chi connectivity index (χ0n) is 17.5. The second kappa shape index (κ2) is 8.41. The quantitative estimate of drug-likeness (QED) is 0.615. The highest BCUT2D eigenvalue weighted by Gasteiger charge is 2.75. The van der Waals surface area contributed by atoms with Crippen molar-refractivity contribution in [2.75, 3.05) is 18.5 Å². The summed E-state index contributed by atoms with van der Waals surface area (Å²) >= 11 is 6.22. The molecule has 0 saturated carbocycles. The minimum atomic E-state index is -1.13. The Balaban J connectivity index is 1.74. The first-order chi connectivity index (χ1) is 14.9. The zero-order valence-corrected chi connectivity index (χ0v) is 18.3. The Morgan fingerprint density at radius 1 is 1.39 bits per heavy atom. The van der Waals surface area contributed by atoms with Crippen LogP contribution in [0.5, 0.6) is 0 Å². The maximum absolute atomic E-state index is 13.6. The van der Waals surface area contributed by atoms with Crippen molar-refractivity contribution in [1.29, 1.82) is 0 Å². The summed E-state index contributed by atoms with van der Waals surface area (Å²) in [5.41, 5.74) is -0.708. The van der Waals surface area contributed by atoms with E-state index in [9.17, 15) is 19.5 Å². The molecule has 2 bridgehead atoms. The van der Waals surface area contributed by atoms with E-state index in [-0.39, 0.29) is 19.1 Å². The first-order valence-electron chi connectivity index (χ1n) is 10.7. The molecule has 1 spiro atoms. The number of halogens is 1. The Kier molecular flexibility index (Phi) is 5.98. The van der Waals surface area contributed by atoms with Gasteiger partial charge in [-0.15, -0.1) is 0 Å². The number of fused-ring (bicyclic) bond motifs is 1. The Morgan fingerprint density at radius 3 is 2.77 bits per heavy atom. The Hall–Kier alpha value is -2.16. The summed E-state index contributed by atoms with van der Waals surface area (Å²) in [4.78, 5) is 41.3. The van der Waals surface area contributed by atoms with E-state index in [1.807, 2.05) is 6.92 Å². The van der Waals surface area contributed by atoms with Gasteiger partial charge in [0.05, 0.1) is 47.9 Å². The third kappa shape index (κ3) is 3.32. The molecule has 3 heterocycles. The average molecular weight is 451 g/mol. The minimum Gasteiger partial charge on any atom is -0.466 e. The first-order valence-corrected chi connectivity index (χ1v) is 11.1. The van der Waals surface area contributed by atoms with Crippen molar-refractivity contribution in [3.63, 3.8) is 0 Å². The smallest absolute Gasteiger partial charge is 0.312 e. The second-order valence-electron chi connectivity index (χ2n) is 8.27. The van der Waals surface area contributed by atoms with Crippen LogP contribution in [0.4, 0.5) is 5.69 Å². The van der Waals surface area contributed by atoms with E-state index in [2.05, 4.69) is 5.32 Å². The zero-order chi connectivity index (χ0) is 22.3. The number of hydrogen-bond acceptors (Lipinski definition) is 6. The van der Waals surface area contributed by atoms with Crippen molar-refractivity contribution in [1.82, 2.24) is 4.90 Å². The van der Waals surface area contributed by atoms with Crippen molar-refractivity contribution < 1.29 is 29.0 Å². The summed E-state index contributed by atoms with van der Waals surface area (Å²) in [6.45, 7) is 3.45. The van der Waals surface area contributed by atoms with Crippen LogP contribution in [0.25, 0.3) is 0 Å². The number of aliphatic hydroxyl groups is 1. The number of para-hydroxylation sites is 1. The largest absolute Gasteiger partial charge is 0.466 e. The van der Waals surface area contributed by atoms with Crippen molar-refractivity contribution in [2.45, 2.75) is 56.9 Å². The molecule has 0 unspecified atom stereocenters. The standard InChI is InChI=1S/C22H27ClN2O6/c1-3-12(11-26)25-18(19(27)24-14-8-6-5-7-13(14)23)22-10-9-15(31-22)16(17(22)20(25)28)21(29)30-4-2/h5-8,12,15-18,26H,3-4,9-11H2,1-2H3,(H,24,27)/t12-,15+,16-,17-,18+,22-/m0/s1. The SMILES string of the molecule is CCOC(=O)[C@@H]1[C@H]2C(=O)N([C@@H](CC)CO)[C@H](C(=O)Nc3ccccc3Cl)[C@]23CC[C@H]1O3. The number of anilines is 1. The van der Waals surface area contributed by atoms with Gasteiger partial charge >= 0.3 is 5.97 Å². The van der Waals surface area contributed by atoms with Crippen molar-refractivity contribution >= 4 is 35.1 Å². The lowest BCUT2D eigenvalue weighted by molar-refractivity contribution is -0.155. The van der Waals surface area contributed by atoms with Crippen LogP contribution in [0.2, 0.25) is 5.02 Å². The number of carbonyl (C=O) groups is 3. The van der Waals surface area contributed by atoms with E-state index in [1.165, 1.54) is 4.90 Å². The molecule has 3 fully saturated rings. The molecule has 4 rings (SSSR count). The predicted molar refractivity (Wildman–Crippen MR) is 112 cm³/mol. The van der Waals surface area contributed by atoms with Crippen LogP contribution in [-0.4, -0.2) is 64.8 Å². The van der Waals surface area contributed by atoms with E-state index < -0.39 is 47.5 Å². The molecule has 1 aromatic rings. The number of likely N-dealkylation sites (tertiary alicyclic amines) is 1. The molecule has 8 nitrogen and oxygen atoms in total. The Morgan fingerprint density at radius 2 is 2.13 bits per heavy atom. The fourth-order valence-electron chi connectivity index (χ4n) is 5.47. The maximum atomic E-state index is 13.6. The molecule has 0 aromatic heterocycles. The number of rotatable bonds is 7. The van der Waals surface area contributed by atoms with Gasteiger partial charge in [-0.3, -0.25) is 14.4 Å².